The second-order valence-electron chi connectivity index (χ2n) is 7.40. The first kappa shape index (κ1) is 22.7. The van der Waals surface area contributed by atoms with Crippen molar-refractivity contribution < 1.29 is 27.6 Å². The van der Waals surface area contributed by atoms with Gasteiger partial charge in [-0.3, -0.25) is 10.1 Å². The van der Waals surface area contributed by atoms with Gasteiger partial charge < -0.3 is 14.2 Å². The van der Waals surface area contributed by atoms with Gasteiger partial charge in [0.1, 0.15) is 11.5 Å². The maximum Gasteiger partial charge on any atom is 0.270 e. The van der Waals surface area contributed by atoms with Crippen LogP contribution < -0.4 is 9.47 Å². The fraction of sp³-hybridized carbons (Fsp3) is 0.217. The van der Waals surface area contributed by atoms with Gasteiger partial charge in [0.25, 0.3) is 5.69 Å². The largest absolute Gasteiger partial charge is 0.497 e. The van der Waals surface area contributed by atoms with Gasteiger partial charge in [-0.2, -0.15) is 4.31 Å². The van der Waals surface area contributed by atoms with Gasteiger partial charge in [0.2, 0.25) is 10.0 Å². The molecule has 0 atom stereocenters. The van der Waals surface area contributed by atoms with Gasteiger partial charge in [0.05, 0.1) is 23.5 Å². The van der Waals surface area contributed by atoms with Crippen LogP contribution in [0.1, 0.15) is 16.7 Å². The van der Waals surface area contributed by atoms with Crippen LogP contribution in [-0.2, 0) is 34.5 Å². The van der Waals surface area contributed by atoms with Crippen molar-refractivity contribution in [1.29, 1.82) is 0 Å². The molecule has 10 heteroatoms. The van der Waals surface area contributed by atoms with Gasteiger partial charge in [0.15, 0.2) is 6.79 Å². The predicted octanol–water partition coefficient (Wildman–Crippen LogP) is 3.86. The van der Waals surface area contributed by atoms with E-state index in [0.717, 1.165) is 5.56 Å². The maximum atomic E-state index is 13.6. The first-order chi connectivity index (χ1) is 15.9. The van der Waals surface area contributed by atoms with Gasteiger partial charge in [-0.15, -0.1) is 0 Å². The Morgan fingerprint density at radius 3 is 2.45 bits per heavy atom. The third kappa shape index (κ3) is 4.98. The molecule has 3 aromatic rings. The zero-order valence-electron chi connectivity index (χ0n) is 17.8. The fourth-order valence-electron chi connectivity index (χ4n) is 3.60. The van der Waals surface area contributed by atoms with E-state index < -0.39 is 14.9 Å². The first-order valence-corrected chi connectivity index (χ1v) is 11.5. The Balaban J connectivity index is 1.77. The van der Waals surface area contributed by atoms with Crippen LogP contribution in [0.4, 0.5) is 5.69 Å². The van der Waals surface area contributed by atoms with Crippen molar-refractivity contribution in [2.45, 2.75) is 24.6 Å². The summed E-state index contributed by atoms with van der Waals surface area (Å²) in [7, 11) is -2.46. The summed E-state index contributed by atoms with van der Waals surface area (Å²) in [5.74, 6) is 0.944. The van der Waals surface area contributed by atoms with Crippen LogP contribution in [0.5, 0.6) is 11.5 Å². The number of nitro groups is 1. The number of rotatable bonds is 8. The van der Waals surface area contributed by atoms with E-state index in [1.165, 1.54) is 35.7 Å². The highest BCUT2D eigenvalue weighted by atomic mass is 32.2. The molecule has 0 N–H and O–H groups in total. The molecule has 0 amide bonds. The molecule has 9 nitrogen and oxygen atoms in total. The molecule has 0 aliphatic carbocycles. The third-order valence-electron chi connectivity index (χ3n) is 5.23. The van der Waals surface area contributed by atoms with E-state index >= 15 is 0 Å². The molecule has 4 rings (SSSR count). The zero-order valence-corrected chi connectivity index (χ0v) is 18.7. The second-order valence-corrected chi connectivity index (χ2v) is 9.33. The van der Waals surface area contributed by atoms with Crippen molar-refractivity contribution in [1.82, 2.24) is 4.31 Å². The quantitative estimate of drug-likeness (QED) is 0.363. The van der Waals surface area contributed by atoms with Gasteiger partial charge in [-0.1, -0.05) is 30.3 Å². The Hall–Kier alpha value is -3.47. The SMILES string of the molecule is COc1ccc(S(=O)(=O)N(Cc2ccccc2)Cc2cc([N+](=O)[O-])cc3c2OCOC3)cc1. The highest BCUT2D eigenvalue weighted by molar-refractivity contribution is 7.89. The molecule has 0 radical (unpaired) electrons. The molecule has 0 saturated heterocycles. The molecule has 33 heavy (non-hydrogen) atoms. The monoisotopic (exact) mass is 470 g/mol. The minimum atomic E-state index is -3.96. The molecule has 1 heterocycles. The number of benzene rings is 3. The van der Waals surface area contributed by atoms with Crippen molar-refractivity contribution in [3.63, 3.8) is 0 Å². The molecule has 0 aromatic heterocycles. The maximum absolute atomic E-state index is 13.6. The topological polar surface area (TPSA) is 108 Å². The van der Waals surface area contributed by atoms with Crippen LogP contribution in [0.3, 0.4) is 0 Å². The minimum Gasteiger partial charge on any atom is -0.497 e. The summed E-state index contributed by atoms with van der Waals surface area (Å²) < 4.78 is 44.5. The van der Waals surface area contributed by atoms with E-state index in [1.54, 1.807) is 12.1 Å². The molecule has 0 unspecified atom stereocenters. The van der Waals surface area contributed by atoms with Crippen LogP contribution in [0, 0.1) is 10.1 Å². The number of hydrogen-bond acceptors (Lipinski definition) is 7. The van der Waals surface area contributed by atoms with Crippen LogP contribution in [0.2, 0.25) is 0 Å². The highest BCUT2D eigenvalue weighted by Crippen LogP contribution is 2.35. The van der Waals surface area contributed by atoms with E-state index in [4.69, 9.17) is 14.2 Å². The first-order valence-electron chi connectivity index (χ1n) is 10.1. The van der Waals surface area contributed by atoms with E-state index in [1.807, 2.05) is 30.3 Å². The van der Waals surface area contributed by atoms with Gasteiger partial charge in [-0.05, 0) is 29.8 Å². The number of nitrogens with zero attached hydrogens (tertiary/aromatic N) is 2. The predicted molar refractivity (Wildman–Crippen MR) is 119 cm³/mol. The van der Waals surface area contributed by atoms with Gasteiger partial charge in [0, 0.05) is 36.3 Å². The number of nitro benzene ring substituents is 1. The normalized spacial score (nSPS) is 13.3. The molecule has 3 aromatic carbocycles. The number of non-ortho nitro benzene ring substituents is 1. The molecule has 1 aliphatic rings. The molecule has 172 valence electrons. The van der Waals surface area contributed by atoms with Crippen molar-refractivity contribution in [3.05, 3.63) is 93.5 Å². The Morgan fingerprint density at radius 2 is 1.79 bits per heavy atom. The second kappa shape index (κ2) is 9.57. The fourth-order valence-corrected chi connectivity index (χ4v) is 5.01. The molecule has 0 fully saturated rings. The summed E-state index contributed by atoms with van der Waals surface area (Å²) >= 11 is 0. The lowest BCUT2D eigenvalue weighted by Crippen LogP contribution is -2.31. The molecule has 0 spiro atoms. The van der Waals surface area contributed by atoms with Gasteiger partial charge >= 0.3 is 0 Å². The molecule has 1 aliphatic heterocycles. The van der Waals surface area contributed by atoms with Crippen LogP contribution in [-0.4, -0.2) is 31.5 Å². The highest BCUT2D eigenvalue weighted by Gasteiger charge is 2.29. The van der Waals surface area contributed by atoms with Gasteiger partial charge in [-0.25, -0.2) is 8.42 Å². The zero-order chi connectivity index (χ0) is 23.4. The van der Waals surface area contributed by atoms with Crippen molar-refractivity contribution in [2.75, 3.05) is 13.9 Å². The van der Waals surface area contributed by atoms with E-state index in [9.17, 15) is 18.5 Å². The summed E-state index contributed by atoms with van der Waals surface area (Å²) in [4.78, 5) is 11.0. The van der Waals surface area contributed by atoms with Crippen molar-refractivity contribution in [2.24, 2.45) is 0 Å². The van der Waals surface area contributed by atoms with Crippen molar-refractivity contribution >= 4 is 15.7 Å². The number of hydrogen-bond donors (Lipinski definition) is 0. The summed E-state index contributed by atoms with van der Waals surface area (Å²) in [5, 5.41) is 11.5. The molecule has 0 bridgehead atoms. The molecular formula is C23H22N2O7S. The van der Waals surface area contributed by atoms with Crippen LogP contribution in [0.25, 0.3) is 0 Å². The minimum absolute atomic E-state index is 0.0122. The Morgan fingerprint density at radius 1 is 1.06 bits per heavy atom. The van der Waals surface area contributed by atoms with Crippen LogP contribution in [0.15, 0.2) is 71.6 Å². The number of fused-ring (bicyclic) bond motifs is 1. The lowest BCUT2D eigenvalue weighted by molar-refractivity contribution is -0.385. The smallest absolute Gasteiger partial charge is 0.270 e. The molecular weight excluding hydrogens is 448 g/mol. The molecule has 0 saturated carbocycles. The summed E-state index contributed by atoms with van der Waals surface area (Å²) in [6.07, 6.45) is 0. The summed E-state index contributed by atoms with van der Waals surface area (Å²) in [6, 6.07) is 18.0. The number of sulfonamides is 1. The summed E-state index contributed by atoms with van der Waals surface area (Å²) in [5.41, 5.74) is 1.53. The Labute approximate surface area is 191 Å². The Bertz CT molecular complexity index is 1250. The Kier molecular flexibility index (Phi) is 6.59. The average molecular weight is 471 g/mol. The average Bonchev–Trinajstić information content (AvgIpc) is 2.84. The van der Waals surface area contributed by atoms with E-state index in [2.05, 4.69) is 0 Å². The van der Waals surface area contributed by atoms with Crippen molar-refractivity contribution in [3.8, 4) is 11.5 Å². The van der Waals surface area contributed by atoms with E-state index in [-0.39, 0.29) is 37.1 Å². The van der Waals surface area contributed by atoms with E-state index in [0.29, 0.717) is 22.6 Å². The standard InChI is InChI=1S/C23H22N2O7S/c1-30-21-7-9-22(10-8-21)33(28,29)24(13-17-5-3-2-4-6-17)14-18-11-20(25(26)27)12-19-15-31-16-32-23(18)19/h2-12H,13-16H2,1H3. The number of ether oxygens (including phenoxy) is 3. The lowest BCUT2D eigenvalue weighted by Gasteiger charge is -2.26. The lowest BCUT2D eigenvalue weighted by atomic mass is 10.1. The third-order valence-corrected chi connectivity index (χ3v) is 7.03. The summed E-state index contributed by atoms with van der Waals surface area (Å²) in [6.45, 7) is 0.0894. The van der Waals surface area contributed by atoms with Crippen LogP contribution >= 0.6 is 0 Å². The number of methoxy groups -OCH3 is 1.